The molecule has 3 heteroatoms. The Bertz CT molecular complexity index is 164. The summed E-state index contributed by atoms with van der Waals surface area (Å²) in [5.41, 5.74) is 0. The summed E-state index contributed by atoms with van der Waals surface area (Å²) in [6.45, 7) is 0. The van der Waals surface area contributed by atoms with Crippen molar-refractivity contribution < 1.29 is 4.42 Å². The second-order valence-corrected chi connectivity index (χ2v) is 2.32. The lowest BCUT2D eigenvalue weighted by molar-refractivity contribution is 0.498. The van der Waals surface area contributed by atoms with Gasteiger partial charge in [0.2, 0.25) is 0 Å². The van der Waals surface area contributed by atoms with Crippen molar-refractivity contribution in [3.05, 3.63) is 23.7 Å². The van der Waals surface area contributed by atoms with E-state index in [1.54, 1.807) is 0 Å². The van der Waals surface area contributed by atoms with Gasteiger partial charge in [-0.15, -0.1) is 0 Å². The lowest BCUT2D eigenvalue weighted by atomic mass is 10.5. The van der Waals surface area contributed by atoms with Gasteiger partial charge in [-0.05, 0) is 12.1 Å². The van der Waals surface area contributed by atoms with Crippen LogP contribution in [-0.2, 0) is 11.5 Å². The number of hydrogen-bond acceptors (Lipinski definition) is 3. The monoisotopic (exact) mass is 160 g/mol. The van der Waals surface area contributed by atoms with E-state index < -0.39 is 0 Å². The minimum absolute atomic E-state index is 0.660. The first-order valence-corrected chi connectivity index (χ1v) is 3.92. The van der Waals surface area contributed by atoms with Crippen molar-refractivity contribution >= 4 is 25.3 Å². The Morgan fingerprint density at radius 1 is 1.11 bits per heavy atom. The Balaban J connectivity index is 2.74. The van der Waals surface area contributed by atoms with Crippen LogP contribution in [0, 0.1) is 0 Å². The molecule has 1 aromatic heterocycles. The van der Waals surface area contributed by atoms with Crippen LogP contribution in [0.15, 0.2) is 16.5 Å². The zero-order valence-corrected chi connectivity index (χ0v) is 6.66. The van der Waals surface area contributed by atoms with Crippen LogP contribution in [0.25, 0.3) is 0 Å². The van der Waals surface area contributed by atoms with Crippen LogP contribution in [0.5, 0.6) is 0 Å². The molecule has 0 aliphatic rings. The Kier molecular flexibility index (Phi) is 2.54. The fourth-order valence-electron chi connectivity index (χ4n) is 0.592. The summed E-state index contributed by atoms with van der Waals surface area (Å²) >= 11 is 8.09. The average Bonchev–Trinajstić information content (AvgIpc) is 2.34. The molecule has 0 unspecified atom stereocenters. The molecule has 0 N–H and O–H groups in total. The zero-order valence-electron chi connectivity index (χ0n) is 4.87. The highest BCUT2D eigenvalue weighted by molar-refractivity contribution is 7.79. The maximum Gasteiger partial charge on any atom is 0.113 e. The molecule has 0 amide bonds. The molecule has 9 heavy (non-hydrogen) atoms. The lowest BCUT2D eigenvalue weighted by Crippen LogP contribution is -1.68. The maximum absolute atomic E-state index is 5.23. The molecule has 0 fully saturated rings. The highest BCUT2D eigenvalue weighted by Gasteiger charge is 1.95. The van der Waals surface area contributed by atoms with Gasteiger partial charge in [0.1, 0.15) is 11.5 Å². The van der Waals surface area contributed by atoms with E-state index in [0.29, 0.717) is 11.5 Å². The minimum Gasteiger partial charge on any atom is -0.464 e. The molecular formula is C6H8OS2. The number of furan rings is 1. The first kappa shape index (κ1) is 7.09. The molecule has 0 saturated carbocycles. The van der Waals surface area contributed by atoms with Gasteiger partial charge in [0, 0.05) is 11.5 Å². The van der Waals surface area contributed by atoms with E-state index in [0.717, 1.165) is 11.5 Å². The van der Waals surface area contributed by atoms with Crippen LogP contribution >= 0.6 is 25.3 Å². The third kappa shape index (κ3) is 1.69. The van der Waals surface area contributed by atoms with Crippen LogP contribution in [0.4, 0.5) is 0 Å². The summed E-state index contributed by atoms with van der Waals surface area (Å²) in [7, 11) is 0. The van der Waals surface area contributed by atoms with Crippen molar-refractivity contribution in [1.82, 2.24) is 0 Å². The van der Waals surface area contributed by atoms with E-state index in [9.17, 15) is 0 Å². The van der Waals surface area contributed by atoms with Gasteiger partial charge in [-0.3, -0.25) is 0 Å². The van der Waals surface area contributed by atoms with Gasteiger partial charge in [-0.2, -0.15) is 25.3 Å². The number of rotatable bonds is 2. The predicted octanol–water partition coefficient (Wildman–Crippen LogP) is 2.14. The van der Waals surface area contributed by atoms with Crippen LogP contribution < -0.4 is 0 Å². The molecule has 0 spiro atoms. The Labute approximate surface area is 65.3 Å². The highest BCUT2D eigenvalue weighted by Crippen LogP contribution is 2.10. The van der Waals surface area contributed by atoms with Gasteiger partial charge in [-0.1, -0.05) is 0 Å². The Morgan fingerprint density at radius 2 is 1.56 bits per heavy atom. The maximum atomic E-state index is 5.23. The van der Waals surface area contributed by atoms with Crippen molar-refractivity contribution in [1.29, 1.82) is 0 Å². The standard InChI is InChI=1S/C6H8OS2/c8-3-5-1-2-6(4-9)7-5/h1-2,8-9H,3-4H2. The molecule has 50 valence electrons. The summed E-state index contributed by atoms with van der Waals surface area (Å²) in [5, 5.41) is 0. The first-order chi connectivity index (χ1) is 4.36. The summed E-state index contributed by atoms with van der Waals surface area (Å²) in [4.78, 5) is 0. The molecule has 0 aromatic carbocycles. The van der Waals surface area contributed by atoms with Gasteiger partial charge in [0.05, 0.1) is 0 Å². The molecule has 0 saturated heterocycles. The lowest BCUT2D eigenvalue weighted by Gasteiger charge is -1.86. The van der Waals surface area contributed by atoms with Crippen LogP contribution in [-0.4, -0.2) is 0 Å². The van der Waals surface area contributed by atoms with Crippen molar-refractivity contribution in [2.45, 2.75) is 11.5 Å². The Morgan fingerprint density at radius 3 is 1.78 bits per heavy atom. The third-order valence-electron chi connectivity index (χ3n) is 1.03. The summed E-state index contributed by atoms with van der Waals surface area (Å²) < 4.78 is 5.23. The van der Waals surface area contributed by atoms with Gasteiger partial charge in [0.15, 0.2) is 0 Å². The van der Waals surface area contributed by atoms with Gasteiger partial charge in [-0.25, -0.2) is 0 Å². The Hall–Kier alpha value is -0.0200. The number of thiol groups is 2. The number of hydrogen-bond donors (Lipinski definition) is 2. The zero-order chi connectivity index (χ0) is 6.69. The second kappa shape index (κ2) is 3.22. The fraction of sp³-hybridized carbons (Fsp3) is 0.333. The molecule has 0 bridgehead atoms. The van der Waals surface area contributed by atoms with Crippen LogP contribution in [0.1, 0.15) is 11.5 Å². The SMILES string of the molecule is SCc1ccc(CS)o1. The first-order valence-electron chi connectivity index (χ1n) is 2.66. The van der Waals surface area contributed by atoms with E-state index >= 15 is 0 Å². The largest absolute Gasteiger partial charge is 0.464 e. The molecule has 1 heterocycles. The second-order valence-electron chi connectivity index (χ2n) is 1.68. The van der Waals surface area contributed by atoms with Crippen molar-refractivity contribution in [2.24, 2.45) is 0 Å². The molecule has 0 atom stereocenters. The van der Waals surface area contributed by atoms with Gasteiger partial charge in [0.25, 0.3) is 0 Å². The normalized spacial score (nSPS) is 10.0. The minimum atomic E-state index is 0.660. The van der Waals surface area contributed by atoms with E-state index in [2.05, 4.69) is 25.3 Å². The molecule has 0 radical (unpaired) electrons. The van der Waals surface area contributed by atoms with Crippen molar-refractivity contribution in [3.63, 3.8) is 0 Å². The summed E-state index contributed by atoms with van der Waals surface area (Å²) in [6.07, 6.45) is 0. The third-order valence-corrected chi connectivity index (χ3v) is 1.65. The van der Waals surface area contributed by atoms with Crippen molar-refractivity contribution in [2.75, 3.05) is 0 Å². The van der Waals surface area contributed by atoms with Gasteiger partial charge >= 0.3 is 0 Å². The average molecular weight is 160 g/mol. The molecule has 0 aliphatic heterocycles. The van der Waals surface area contributed by atoms with E-state index in [4.69, 9.17) is 4.42 Å². The summed E-state index contributed by atoms with van der Waals surface area (Å²) in [6, 6.07) is 3.83. The quantitative estimate of drug-likeness (QED) is 0.632. The van der Waals surface area contributed by atoms with Gasteiger partial charge < -0.3 is 4.42 Å². The van der Waals surface area contributed by atoms with Crippen LogP contribution in [0.3, 0.4) is 0 Å². The molecule has 1 rings (SSSR count). The fourth-order valence-corrected chi connectivity index (χ4v) is 0.932. The molecule has 1 nitrogen and oxygen atoms in total. The highest BCUT2D eigenvalue weighted by atomic mass is 32.1. The van der Waals surface area contributed by atoms with E-state index in [1.165, 1.54) is 0 Å². The molecule has 0 aliphatic carbocycles. The van der Waals surface area contributed by atoms with E-state index in [-0.39, 0.29) is 0 Å². The smallest absolute Gasteiger partial charge is 0.113 e. The summed E-state index contributed by atoms with van der Waals surface area (Å²) in [5.74, 6) is 3.13. The predicted molar refractivity (Wildman–Crippen MR) is 44.1 cm³/mol. The molecule has 1 aromatic rings. The topological polar surface area (TPSA) is 13.1 Å². The van der Waals surface area contributed by atoms with Crippen LogP contribution in [0.2, 0.25) is 0 Å². The van der Waals surface area contributed by atoms with E-state index in [1.807, 2.05) is 12.1 Å². The molecular weight excluding hydrogens is 152 g/mol. The van der Waals surface area contributed by atoms with Crippen molar-refractivity contribution in [3.8, 4) is 0 Å².